The summed E-state index contributed by atoms with van der Waals surface area (Å²) in [6.45, 7) is -0.553. The van der Waals surface area contributed by atoms with Gasteiger partial charge in [0.15, 0.2) is 6.61 Å². The second-order valence-electron chi connectivity index (χ2n) is 6.07. The van der Waals surface area contributed by atoms with E-state index in [0.29, 0.717) is 21.7 Å². The van der Waals surface area contributed by atoms with Crippen molar-refractivity contribution in [2.75, 3.05) is 11.9 Å². The van der Waals surface area contributed by atoms with E-state index in [2.05, 4.69) is 11.4 Å². The second-order valence-corrected chi connectivity index (χ2v) is 7.32. The molecule has 0 aliphatic rings. The van der Waals surface area contributed by atoms with Crippen LogP contribution in [0.4, 0.5) is 5.69 Å². The molecule has 0 radical (unpaired) electrons. The minimum atomic E-state index is -0.707. The van der Waals surface area contributed by atoms with Gasteiger partial charge in [0.05, 0.1) is 32.9 Å². The van der Waals surface area contributed by atoms with Crippen LogP contribution in [0.15, 0.2) is 60.7 Å². The lowest BCUT2D eigenvalue weighted by molar-refractivity contribution is -0.119. The lowest BCUT2D eigenvalue weighted by Crippen LogP contribution is -2.21. The Morgan fingerprint density at radius 3 is 2.20 bits per heavy atom. The highest BCUT2D eigenvalue weighted by Gasteiger charge is 2.18. The largest absolute Gasteiger partial charge is 0.452 e. The van der Waals surface area contributed by atoms with Crippen LogP contribution in [0.1, 0.15) is 15.9 Å². The SMILES string of the molecule is N#Cc1ccccc1-c1ccccc1C(=O)OCC(=O)Nc1c(Cl)cc(Cl)cc1Cl. The van der Waals surface area contributed by atoms with Crippen LogP contribution in [0.5, 0.6) is 0 Å². The summed E-state index contributed by atoms with van der Waals surface area (Å²) in [6, 6.07) is 18.6. The molecule has 30 heavy (non-hydrogen) atoms. The molecule has 3 aromatic carbocycles. The fourth-order valence-electron chi connectivity index (χ4n) is 2.76. The Morgan fingerprint density at radius 2 is 1.53 bits per heavy atom. The predicted molar refractivity (Wildman–Crippen MR) is 117 cm³/mol. The van der Waals surface area contributed by atoms with Crippen molar-refractivity contribution in [3.8, 4) is 17.2 Å². The third-order valence-electron chi connectivity index (χ3n) is 4.09. The van der Waals surface area contributed by atoms with Gasteiger partial charge < -0.3 is 10.1 Å². The molecule has 8 heteroatoms. The highest BCUT2D eigenvalue weighted by atomic mass is 35.5. The number of nitriles is 1. The highest BCUT2D eigenvalue weighted by Crippen LogP contribution is 2.33. The van der Waals surface area contributed by atoms with Crippen molar-refractivity contribution in [3.05, 3.63) is 86.9 Å². The zero-order chi connectivity index (χ0) is 21.7. The molecule has 0 heterocycles. The third-order valence-corrected chi connectivity index (χ3v) is 4.90. The van der Waals surface area contributed by atoms with E-state index in [9.17, 15) is 14.9 Å². The molecular weight excluding hydrogens is 447 g/mol. The second kappa shape index (κ2) is 9.64. The Balaban J connectivity index is 1.75. The monoisotopic (exact) mass is 458 g/mol. The van der Waals surface area contributed by atoms with Crippen molar-refractivity contribution in [1.29, 1.82) is 5.26 Å². The molecule has 0 bridgehead atoms. The molecule has 0 fully saturated rings. The van der Waals surface area contributed by atoms with Gasteiger partial charge in [-0.2, -0.15) is 5.26 Å². The van der Waals surface area contributed by atoms with E-state index in [0.717, 1.165) is 0 Å². The van der Waals surface area contributed by atoms with Gasteiger partial charge in [-0.3, -0.25) is 4.79 Å². The smallest absolute Gasteiger partial charge is 0.339 e. The number of anilines is 1. The van der Waals surface area contributed by atoms with Gasteiger partial charge in [-0.05, 0) is 29.8 Å². The molecule has 0 aliphatic carbocycles. The minimum Gasteiger partial charge on any atom is -0.452 e. The van der Waals surface area contributed by atoms with Crippen molar-refractivity contribution in [2.24, 2.45) is 0 Å². The number of rotatable bonds is 5. The molecule has 1 N–H and O–H groups in total. The van der Waals surface area contributed by atoms with Gasteiger partial charge in [0, 0.05) is 10.6 Å². The number of ether oxygens (including phenoxy) is 1. The molecule has 0 aromatic heterocycles. The first-order valence-electron chi connectivity index (χ1n) is 8.60. The summed E-state index contributed by atoms with van der Waals surface area (Å²) >= 11 is 17.9. The number of esters is 1. The third kappa shape index (κ3) is 4.92. The van der Waals surface area contributed by atoms with Crippen LogP contribution >= 0.6 is 34.8 Å². The van der Waals surface area contributed by atoms with Gasteiger partial charge in [0.1, 0.15) is 0 Å². The Labute approximate surface area is 187 Å². The number of nitrogens with one attached hydrogen (secondary N) is 1. The van der Waals surface area contributed by atoms with Crippen LogP contribution in [0.3, 0.4) is 0 Å². The van der Waals surface area contributed by atoms with E-state index in [-0.39, 0.29) is 21.3 Å². The van der Waals surface area contributed by atoms with Crippen LogP contribution in [0.25, 0.3) is 11.1 Å². The number of carbonyl (C=O) groups is 2. The van der Waals surface area contributed by atoms with Crippen LogP contribution in [-0.4, -0.2) is 18.5 Å². The number of carbonyl (C=O) groups excluding carboxylic acids is 2. The van der Waals surface area contributed by atoms with E-state index >= 15 is 0 Å². The maximum Gasteiger partial charge on any atom is 0.339 e. The summed E-state index contributed by atoms with van der Waals surface area (Å²) in [5.41, 5.74) is 1.95. The molecule has 3 rings (SSSR count). The van der Waals surface area contributed by atoms with Gasteiger partial charge in [0.25, 0.3) is 5.91 Å². The summed E-state index contributed by atoms with van der Waals surface area (Å²) in [7, 11) is 0. The topological polar surface area (TPSA) is 79.2 Å². The summed E-state index contributed by atoms with van der Waals surface area (Å²) in [4.78, 5) is 24.8. The summed E-state index contributed by atoms with van der Waals surface area (Å²) in [5, 5.41) is 12.5. The lowest BCUT2D eigenvalue weighted by Gasteiger charge is -2.12. The standard InChI is InChI=1S/C22H13Cl3N2O3/c23-14-9-18(24)21(19(25)10-14)27-20(28)12-30-22(29)17-8-4-3-7-16(17)15-6-2-1-5-13(15)11-26/h1-10H,12H2,(H,27,28). The fraction of sp³-hybridized carbons (Fsp3) is 0.0455. The van der Waals surface area contributed by atoms with Gasteiger partial charge in [0.2, 0.25) is 0 Å². The normalized spacial score (nSPS) is 10.2. The molecule has 3 aromatic rings. The summed E-state index contributed by atoms with van der Waals surface area (Å²) in [6.07, 6.45) is 0. The number of amides is 1. The zero-order valence-corrected chi connectivity index (χ0v) is 17.6. The molecule has 150 valence electrons. The number of benzene rings is 3. The van der Waals surface area contributed by atoms with Crippen molar-refractivity contribution < 1.29 is 14.3 Å². The summed E-state index contributed by atoms with van der Waals surface area (Å²) in [5.74, 6) is -1.33. The van der Waals surface area contributed by atoms with E-state index in [1.165, 1.54) is 12.1 Å². The molecule has 0 spiro atoms. The Bertz CT molecular complexity index is 1150. The molecular formula is C22H13Cl3N2O3. The first-order valence-corrected chi connectivity index (χ1v) is 9.74. The Morgan fingerprint density at radius 1 is 0.933 bits per heavy atom. The maximum atomic E-state index is 12.6. The quantitative estimate of drug-likeness (QED) is 0.476. The first kappa shape index (κ1) is 21.7. The minimum absolute atomic E-state index is 0.158. The predicted octanol–water partition coefficient (Wildman–Crippen LogP) is 5.98. The molecule has 5 nitrogen and oxygen atoms in total. The molecule has 0 saturated heterocycles. The molecule has 0 atom stereocenters. The maximum absolute atomic E-state index is 12.6. The molecule has 1 amide bonds. The van der Waals surface area contributed by atoms with E-state index in [4.69, 9.17) is 39.5 Å². The fourth-order valence-corrected chi connectivity index (χ4v) is 3.67. The van der Waals surface area contributed by atoms with Gasteiger partial charge in [-0.15, -0.1) is 0 Å². The Hall–Kier alpha value is -3.04. The Kier molecular flexibility index (Phi) is 6.96. The van der Waals surface area contributed by atoms with Gasteiger partial charge >= 0.3 is 5.97 Å². The number of hydrogen-bond donors (Lipinski definition) is 1. The van der Waals surface area contributed by atoms with E-state index in [1.807, 2.05) is 0 Å². The zero-order valence-electron chi connectivity index (χ0n) is 15.3. The van der Waals surface area contributed by atoms with Crippen LogP contribution in [0, 0.1) is 11.3 Å². The molecule has 0 aliphatic heterocycles. The number of halogens is 3. The van der Waals surface area contributed by atoms with E-state index < -0.39 is 18.5 Å². The lowest BCUT2D eigenvalue weighted by atomic mass is 9.96. The number of hydrogen-bond acceptors (Lipinski definition) is 4. The van der Waals surface area contributed by atoms with Crippen molar-refractivity contribution in [2.45, 2.75) is 0 Å². The summed E-state index contributed by atoms with van der Waals surface area (Å²) < 4.78 is 5.16. The molecule has 0 saturated carbocycles. The van der Waals surface area contributed by atoms with Crippen LogP contribution < -0.4 is 5.32 Å². The highest BCUT2D eigenvalue weighted by molar-refractivity contribution is 6.42. The van der Waals surface area contributed by atoms with Crippen LogP contribution in [-0.2, 0) is 9.53 Å². The van der Waals surface area contributed by atoms with Gasteiger partial charge in [-0.25, -0.2) is 4.79 Å². The molecule has 0 unspecified atom stereocenters. The average Bonchev–Trinajstić information content (AvgIpc) is 2.74. The van der Waals surface area contributed by atoms with Crippen molar-refractivity contribution in [3.63, 3.8) is 0 Å². The van der Waals surface area contributed by atoms with Gasteiger partial charge in [-0.1, -0.05) is 71.2 Å². The van der Waals surface area contributed by atoms with Crippen molar-refractivity contribution >= 4 is 52.4 Å². The first-order chi connectivity index (χ1) is 14.4. The van der Waals surface area contributed by atoms with Crippen LogP contribution in [0.2, 0.25) is 15.1 Å². The average molecular weight is 460 g/mol. The van der Waals surface area contributed by atoms with Crippen molar-refractivity contribution in [1.82, 2.24) is 0 Å². The number of nitrogens with zero attached hydrogens (tertiary/aromatic N) is 1. The van der Waals surface area contributed by atoms with E-state index in [1.54, 1.807) is 48.5 Å².